The normalized spacial score (nSPS) is 20.4. The molecule has 0 spiro atoms. The highest BCUT2D eigenvalue weighted by atomic mass is 19.1. The number of likely N-dealkylation sites (tertiary alicyclic amines) is 1. The highest BCUT2D eigenvalue weighted by molar-refractivity contribution is 5.16. The Kier molecular flexibility index (Phi) is 3.94. The van der Waals surface area contributed by atoms with Gasteiger partial charge in [-0.3, -0.25) is 4.90 Å². The number of rotatable bonds is 5. The van der Waals surface area contributed by atoms with Crippen molar-refractivity contribution in [3.8, 4) is 5.75 Å². The van der Waals surface area contributed by atoms with E-state index in [4.69, 9.17) is 4.74 Å². The molecule has 0 N–H and O–H groups in total. The molecule has 4 heteroatoms. The molecule has 1 aromatic rings. The molecular formula is C13H19FN2O. The van der Waals surface area contributed by atoms with Gasteiger partial charge in [0.05, 0.1) is 6.20 Å². The number of nitrogens with zero attached hydrogens (tertiary/aromatic N) is 2. The zero-order valence-corrected chi connectivity index (χ0v) is 10.4. The molecule has 0 radical (unpaired) electrons. The number of aromatic nitrogens is 1. The van der Waals surface area contributed by atoms with Gasteiger partial charge < -0.3 is 4.74 Å². The Labute approximate surface area is 102 Å². The van der Waals surface area contributed by atoms with E-state index in [0.29, 0.717) is 24.3 Å². The van der Waals surface area contributed by atoms with Gasteiger partial charge in [-0.1, -0.05) is 13.8 Å². The van der Waals surface area contributed by atoms with E-state index in [9.17, 15) is 4.39 Å². The Balaban J connectivity index is 1.77. The molecule has 17 heavy (non-hydrogen) atoms. The van der Waals surface area contributed by atoms with Crippen LogP contribution in [0.4, 0.5) is 4.39 Å². The molecule has 1 aliphatic heterocycles. The minimum absolute atomic E-state index is 0.470. The first-order valence-corrected chi connectivity index (χ1v) is 6.13. The van der Waals surface area contributed by atoms with Gasteiger partial charge in [-0.25, -0.2) is 4.98 Å². The summed E-state index contributed by atoms with van der Waals surface area (Å²) in [6.45, 7) is 7.39. The molecule has 1 aromatic heterocycles. The Hall–Kier alpha value is -1.16. The van der Waals surface area contributed by atoms with Gasteiger partial charge in [0.2, 0.25) is 5.95 Å². The SMILES string of the molecule is CC(C)CN1CC[C@@H]1COc1ccc(F)nc1. The lowest BCUT2D eigenvalue weighted by atomic mass is 10.0. The first kappa shape index (κ1) is 12.3. The van der Waals surface area contributed by atoms with E-state index >= 15 is 0 Å². The maximum atomic E-state index is 12.6. The smallest absolute Gasteiger partial charge is 0.213 e. The maximum Gasteiger partial charge on any atom is 0.213 e. The summed E-state index contributed by atoms with van der Waals surface area (Å²) in [5, 5.41) is 0. The van der Waals surface area contributed by atoms with Crippen molar-refractivity contribution in [1.29, 1.82) is 0 Å². The quantitative estimate of drug-likeness (QED) is 0.736. The van der Waals surface area contributed by atoms with E-state index in [1.165, 1.54) is 18.7 Å². The molecule has 0 saturated carbocycles. The molecule has 2 rings (SSSR count). The van der Waals surface area contributed by atoms with Crippen LogP contribution in [0.25, 0.3) is 0 Å². The van der Waals surface area contributed by atoms with Gasteiger partial charge in [0.15, 0.2) is 0 Å². The molecule has 0 bridgehead atoms. The topological polar surface area (TPSA) is 25.4 Å². The summed E-state index contributed by atoms with van der Waals surface area (Å²) in [5.41, 5.74) is 0. The van der Waals surface area contributed by atoms with Crippen LogP contribution < -0.4 is 4.74 Å². The molecule has 0 amide bonds. The fraction of sp³-hybridized carbons (Fsp3) is 0.615. The van der Waals surface area contributed by atoms with Crippen LogP contribution in [-0.2, 0) is 0 Å². The molecule has 1 atom stereocenters. The minimum atomic E-state index is -0.470. The number of hydrogen-bond acceptors (Lipinski definition) is 3. The second kappa shape index (κ2) is 5.45. The van der Waals surface area contributed by atoms with Crippen LogP contribution in [0.2, 0.25) is 0 Å². The first-order chi connectivity index (χ1) is 8.15. The Morgan fingerprint density at radius 1 is 1.53 bits per heavy atom. The van der Waals surface area contributed by atoms with Gasteiger partial charge in [0.25, 0.3) is 0 Å². The van der Waals surface area contributed by atoms with Crippen molar-refractivity contribution in [3.63, 3.8) is 0 Å². The summed E-state index contributed by atoms with van der Waals surface area (Å²) in [6.07, 6.45) is 2.61. The van der Waals surface area contributed by atoms with Crippen LogP contribution in [0.3, 0.4) is 0 Å². The molecule has 1 saturated heterocycles. The van der Waals surface area contributed by atoms with Crippen molar-refractivity contribution in [2.45, 2.75) is 26.3 Å². The van der Waals surface area contributed by atoms with E-state index in [1.54, 1.807) is 6.07 Å². The zero-order valence-electron chi connectivity index (χ0n) is 10.4. The second-order valence-corrected chi connectivity index (χ2v) is 4.96. The van der Waals surface area contributed by atoms with Crippen LogP contribution >= 0.6 is 0 Å². The average molecular weight is 238 g/mol. The molecule has 3 nitrogen and oxygen atoms in total. The Morgan fingerprint density at radius 3 is 2.88 bits per heavy atom. The average Bonchev–Trinajstić information content (AvgIpc) is 2.27. The minimum Gasteiger partial charge on any atom is -0.490 e. The van der Waals surface area contributed by atoms with E-state index in [-0.39, 0.29) is 0 Å². The van der Waals surface area contributed by atoms with Gasteiger partial charge in [-0.05, 0) is 24.5 Å². The highest BCUT2D eigenvalue weighted by Crippen LogP contribution is 2.20. The third kappa shape index (κ3) is 3.40. The van der Waals surface area contributed by atoms with Gasteiger partial charge in [0, 0.05) is 19.1 Å². The van der Waals surface area contributed by atoms with Crippen LogP contribution in [0.5, 0.6) is 5.75 Å². The number of halogens is 1. The standard InChI is InChI=1S/C13H19FN2O/c1-10(2)8-16-6-5-11(16)9-17-12-3-4-13(14)15-7-12/h3-4,7,10-11H,5-6,8-9H2,1-2H3/t11-/m1/s1. The summed E-state index contributed by atoms with van der Waals surface area (Å²) in [7, 11) is 0. The van der Waals surface area contributed by atoms with Gasteiger partial charge in [-0.2, -0.15) is 4.39 Å². The predicted octanol–water partition coefficient (Wildman–Crippen LogP) is 2.33. The monoisotopic (exact) mass is 238 g/mol. The van der Waals surface area contributed by atoms with Crippen LogP contribution in [-0.4, -0.2) is 35.6 Å². The molecule has 0 aliphatic carbocycles. The Bertz CT molecular complexity index is 353. The maximum absolute atomic E-state index is 12.6. The van der Waals surface area contributed by atoms with Crippen molar-refractivity contribution in [2.24, 2.45) is 5.92 Å². The van der Waals surface area contributed by atoms with Crippen molar-refractivity contribution in [3.05, 3.63) is 24.3 Å². The molecule has 0 aromatic carbocycles. The van der Waals surface area contributed by atoms with E-state index in [2.05, 4.69) is 23.7 Å². The molecule has 1 fully saturated rings. The third-order valence-corrected chi connectivity index (χ3v) is 3.01. The highest BCUT2D eigenvalue weighted by Gasteiger charge is 2.28. The van der Waals surface area contributed by atoms with E-state index in [0.717, 1.165) is 13.1 Å². The van der Waals surface area contributed by atoms with E-state index in [1.807, 2.05) is 0 Å². The lowest BCUT2D eigenvalue weighted by molar-refractivity contribution is 0.0407. The molecular weight excluding hydrogens is 219 g/mol. The van der Waals surface area contributed by atoms with E-state index < -0.39 is 5.95 Å². The molecule has 1 aliphatic rings. The van der Waals surface area contributed by atoms with Crippen LogP contribution in [0, 0.1) is 11.9 Å². The lowest BCUT2D eigenvalue weighted by Gasteiger charge is -2.41. The molecule has 94 valence electrons. The molecule has 2 heterocycles. The van der Waals surface area contributed by atoms with Gasteiger partial charge in [0.1, 0.15) is 12.4 Å². The largest absolute Gasteiger partial charge is 0.490 e. The fourth-order valence-electron chi connectivity index (χ4n) is 2.03. The van der Waals surface area contributed by atoms with Crippen LogP contribution in [0.15, 0.2) is 18.3 Å². The van der Waals surface area contributed by atoms with Crippen molar-refractivity contribution >= 4 is 0 Å². The summed E-state index contributed by atoms with van der Waals surface area (Å²) in [6, 6.07) is 3.44. The number of ether oxygens (including phenoxy) is 1. The summed E-state index contributed by atoms with van der Waals surface area (Å²) < 4.78 is 18.2. The second-order valence-electron chi connectivity index (χ2n) is 4.96. The Morgan fingerprint density at radius 2 is 2.35 bits per heavy atom. The van der Waals surface area contributed by atoms with Crippen molar-refractivity contribution < 1.29 is 9.13 Å². The fourth-order valence-corrected chi connectivity index (χ4v) is 2.03. The summed E-state index contributed by atoms with van der Waals surface area (Å²) in [5.74, 6) is 0.857. The van der Waals surface area contributed by atoms with Gasteiger partial charge >= 0.3 is 0 Å². The summed E-state index contributed by atoms with van der Waals surface area (Å²) in [4.78, 5) is 6.00. The van der Waals surface area contributed by atoms with Crippen molar-refractivity contribution in [1.82, 2.24) is 9.88 Å². The lowest BCUT2D eigenvalue weighted by Crippen LogP contribution is -2.52. The first-order valence-electron chi connectivity index (χ1n) is 6.13. The summed E-state index contributed by atoms with van der Waals surface area (Å²) >= 11 is 0. The third-order valence-electron chi connectivity index (χ3n) is 3.01. The van der Waals surface area contributed by atoms with Gasteiger partial charge in [-0.15, -0.1) is 0 Å². The van der Waals surface area contributed by atoms with Crippen molar-refractivity contribution in [2.75, 3.05) is 19.7 Å². The zero-order chi connectivity index (χ0) is 12.3. The molecule has 0 unspecified atom stereocenters. The number of hydrogen-bond donors (Lipinski definition) is 0. The predicted molar refractivity (Wildman–Crippen MR) is 64.5 cm³/mol. The van der Waals surface area contributed by atoms with Crippen LogP contribution in [0.1, 0.15) is 20.3 Å². The number of pyridine rings is 1.